The zero-order valence-electron chi connectivity index (χ0n) is 10.6. The van der Waals surface area contributed by atoms with Gasteiger partial charge in [0.25, 0.3) is 0 Å². The van der Waals surface area contributed by atoms with Crippen molar-refractivity contribution in [2.75, 3.05) is 0 Å². The molecule has 1 aromatic carbocycles. The van der Waals surface area contributed by atoms with Gasteiger partial charge in [0.1, 0.15) is 5.82 Å². The highest BCUT2D eigenvalue weighted by Crippen LogP contribution is 2.37. The van der Waals surface area contributed by atoms with Gasteiger partial charge in [-0.05, 0) is 12.1 Å². The Morgan fingerprint density at radius 2 is 1.86 bits per heavy atom. The molecule has 118 valence electrons. The Hall–Kier alpha value is -1.74. The van der Waals surface area contributed by atoms with Crippen LogP contribution in [0.2, 0.25) is 5.02 Å². The summed E-state index contributed by atoms with van der Waals surface area (Å²) in [6.07, 6.45) is -3.48. The zero-order valence-corrected chi connectivity index (χ0v) is 12.1. The molecule has 1 aromatic heterocycles. The molecule has 4 nitrogen and oxygen atoms in total. The predicted molar refractivity (Wildman–Crippen MR) is 73.7 cm³/mol. The second-order valence-corrected chi connectivity index (χ2v) is 5.55. The molecule has 2 aromatic rings. The molecule has 0 aliphatic carbocycles. The molecule has 0 unspecified atom stereocenters. The molecule has 0 radical (unpaired) electrons. The highest BCUT2D eigenvalue weighted by molar-refractivity contribution is 7.98. The number of hydrogen-bond donors (Lipinski definition) is 2. The van der Waals surface area contributed by atoms with Crippen molar-refractivity contribution in [2.45, 2.75) is 16.8 Å². The number of thioether (sulfide) groups is 1. The standard InChI is InChI=1S/C12H7ClF4N2O2S/c13-7-1-5(12(15,16)17)2-8(14)9(7)22-4-6-3-18-10(20)11(21)19-6/h1-3H,4H2,(H,18,20)(H,19,21). The number of aromatic nitrogens is 2. The maximum atomic E-state index is 13.8. The molecule has 0 saturated carbocycles. The van der Waals surface area contributed by atoms with Crippen molar-refractivity contribution in [2.24, 2.45) is 0 Å². The molecule has 22 heavy (non-hydrogen) atoms. The van der Waals surface area contributed by atoms with Crippen LogP contribution in [0.1, 0.15) is 11.3 Å². The van der Waals surface area contributed by atoms with Gasteiger partial charge in [-0.1, -0.05) is 11.6 Å². The van der Waals surface area contributed by atoms with Gasteiger partial charge in [0, 0.05) is 17.6 Å². The number of hydrogen-bond acceptors (Lipinski definition) is 3. The molecular weight excluding hydrogens is 348 g/mol. The van der Waals surface area contributed by atoms with Crippen molar-refractivity contribution in [1.29, 1.82) is 0 Å². The van der Waals surface area contributed by atoms with E-state index in [2.05, 4.69) is 9.97 Å². The lowest BCUT2D eigenvalue weighted by molar-refractivity contribution is -0.137. The zero-order chi connectivity index (χ0) is 16.5. The largest absolute Gasteiger partial charge is 0.416 e. The topological polar surface area (TPSA) is 65.7 Å². The smallest absolute Gasteiger partial charge is 0.323 e. The van der Waals surface area contributed by atoms with E-state index in [-0.39, 0.29) is 21.4 Å². The minimum atomic E-state index is -4.70. The second kappa shape index (κ2) is 6.17. The third kappa shape index (κ3) is 3.72. The van der Waals surface area contributed by atoms with E-state index in [1.807, 2.05) is 0 Å². The van der Waals surface area contributed by atoms with Gasteiger partial charge in [-0.15, -0.1) is 11.8 Å². The average molecular weight is 355 g/mol. The molecule has 0 bridgehead atoms. The minimum Gasteiger partial charge on any atom is -0.323 e. The Kier molecular flexibility index (Phi) is 4.66. The monoisotopic (exact) mass is 354 g/mol. The van der Waals surface area contributed by atoms with Crippen LogP contribution in [-0.4, -0.2) is 9.97 Å². The van der Waals surface area contributed by atoms with Crippen LogP contribution < -0.4 is 11.1 Å². The van der Waals surface area contributed by atoms with E-state index in [4.69, 9.17) is 11.6 Å². The summed E-state index contributed by atoms with van der Waals surface area (Å²) >= 11 is 6.47. The normalized spacial score (nSPS) is 11.7. The van der Waals surface area contributed by atoms with Crippen molar-refractivity contribution in [3.8, 4) is 0 Å². The van der Waals surface area contributed by atoms with Gasteiger partial charge in [-0.3, -0.25) is 9.59 Å². The third-order valence-corrected chi connectivity index (χ3v) is 4.12. The van der Waals surface area contributed by atoms with E-state index in [1.165, 1.54) is 6.20 Å². The Labute approximate surface area is 129 Å². The van der Waals surface area contributed by atoms with E-state index in [1.54, 1.807) is 0 Å². The summed E-state index contributed by atoms with van der Waals surface area (Å²) in [6.45, 7) is 0. The van der Waals surface area contributed by atoms with Crippen molar-refractivity contribution in [3.63, 3.8) is 0 Å². The Morgan fingerprint density at radius 3 is 2.41 bits per heavy atom. The highest BCUT2D eigenvalue weighted by atomic mass is 35.5. The van der Waals surface area contributed by atoms with Crippen LogP contribution in [0.25, 0.3) is 0 Å². The molecular formula is C12H7ClF4N2O2S. The van der Waals surface area contributed by atoms with Gasteiger partial charge >= 0.3 is 17.3 Å². The summed E-state index contributed by atoms with van der Waals surface area (Å²) < 4.78 is 51.3. The number of rotatable bonds is 3. The quantitative estimate of drug-likeness (QED) is 0.505. The van der Waals surface area contributed by atoms with Crippen LogP contribution in [0, 0.1) is 5.82 Å². The Bertz CT molecular complexity index is 793. The number of alkyl halides is 3. The number of benzene rings is 1. The molecule has 2 N–H and O–H groups in total. The summed E-state index contributed by atoms with van der Waals surface area (Å²) in [4.78, 5) is 26.2. The van der Waals surface area contributed by atoms with Crippen molar-refractivity contribution >= 4 is 23.4 Å². The van der Waals surface area contributed by atoms with E-state index < -0.39 is 28.7 Å². The van der Waals surface area contributed by atoms with Crippen molar-refractivity contribution < 1.29 is 17.6 Å². The van der Waals surface area contributed by atoms with Crippen LogP contribution in [-0.2, 0) is 11.9 Å². The molecule has 0 atom stereocenters. The van der Waals surface area contributed by atoms with Gasteiger partial charge < -0.3 is 9.97 Å². The number of aromatic amines is 2. The molecule has 0 aliphatic rings. The lowest BCUT2D eigenvalue weighted by Gasteiger charge is -2.11. The summed E-state index contributed by atoms with van der Waals surface area (Å²) in [7, 11) is 0. The van der Waals surface area contributed by atoms with Gasteiger partial charge in [0.2, 0.25) is 0 Å². The van der Waals surface area contributed by atoms with E-state index in [0.717, 1.165) is 11.8 Å². The summed E-state index contributed by atoms with van der Waals surface area (Å²) in [5.41, 5.74) is -2.63. The Balaban J connectivity index is 2.25. The maximum absolute atomic E-state index is 13.8. The summed E-state index contributed by atoms with van der Waals surface area (Å²) in [5.74, 6) is -1.11. The first-order valence-electron chi connectivity index (χ1n) is 5.68. The lowest BCUT2D eigenvalue weighted by atomic mass is 10.2. The van der Waals surface area contributed by atoms with E-state index in [0.29, 0.717) is 12.1 Å². The molecule has 0 saturated heterocycles. The molecule has 0 aliphatic heterocycles. The van der Waals surface area contributed by atoms with Crippen LogP contribution in [0.4, 0.5) is 17.6 Å². The predicted octanol–water partition coefficient (Wildman–Crippen LogP) is 3.17. The van der Waals surface area contributed by atoms with Crippen LogP contribution in [0.3, 0.4) is 0 Å². The van der Waals surface area contributed by atoms with Gasteiger partial charge in [0.15, 0.2) is 0 Å². The number of nitrogens with one attached hydrogen (secondary N) is 2. The first-order valence-corrected chi connectivity index (χ1v) is 7.05. The van der Waals surface area contributed by atoms with E-state index in [9.17, 15) is 27.2 Å². The first-order chi connectivity index (χ1) is 10.2. The number of halogens is 5. The second-order valence-electron chi connectivity index (χ2n) is 4.15. The molecule has 0 spiro atoms. The molecule has 2 rings (SSSR count). The fourth-order valence-corrected chi connectivity index (χ4v) is 2.77. The summed E-state index contributed by atoms with van der Waals surface area (Å²) in [5, 5.41) is -0.385. The minimum absolute atomic E-state index is 0.00796. The van der Waals surface area contributed by atoms with Crippen LogP contribution in [0.15, 0.2) is 32.8 Å². The van der Waals surface area contributed by atoms with Gasteiger partial charge in [0.05, 0.1) is 15.5 Å². The van der Waals surface area contributed by atoms with E-state index >= 15 is 0 Å². The third-order valence-electron chi connectivity index (χ3n) is 2.56. The molecule has 0 amide bonds. The SMILES string of the molecule is O=c1[nH]cc(CSc2c(F)cc(C(F)(F)F)cc2Cl)[nH]c1=O. The Morgan fingerprint density at radius 1 is 1.18 bits per heavy atom. The first kappa shape index (κ1) is 16.6. The van der Waals surface area contributed by atoms with Gasteiger partial charge in [-0.2, -0.15) is 13.2 Å². The van der Waals surface area contributed by atoms with Gasteiger partial charge in [-0.25, -0.2) is 4.39 Å². The molecule has 10 heteroatoms. The van der Waals surface area contributed by atoms with Crippen LogP contribution >= 0.6 is 23.4 Å². The maximum Gasteiger partial charge on any atom is 0.416 e. The van der Waals surface area contributed by atoms with Crippen molar-refractivity contribution in [1.82, 2.24) is 9.97 Å². The lowest BCUT2D eigenvalue weighted by Crippen LogP contribution is -2.29. The van der Waals surface area contributed by atoms with Crippen molar-refractivity contribution in [3.05, 3.63) is 61.1 Å². The highest BCUT2D eigenvalue weighted by Gasteiger charge is 2.32. The fraction of sp³-hybridized carbons (Fsp3) is 0.167. The molecule has 0 fully saturated rings. The van der Waals surface area contributed by atoms with Crippen LogP contribution in [0.5, 0.6) is 0 Å². The fourth-order valence-electron chi connectivity index (χ4n) is 1.55. The molecule has 1 heterocycles. The number of H-pyrrole nitrogens is 2. The summed E-state index contributed by atoms with van der Waals surface area (Å²) in [6, 6.07) is 0.979. The average Bonchev–Trinajstić information content (AvgIpc) is 2.40.